The van der Waals surface area contributed by atoms with Gasteiger partial charge in [-0.05, 0) is 29.9 Å². The molecule has 1 aliphatic heterocycles. The van der Waals surface area contributed by atoms with E-state index in [2.05, 4.69) is 5.32 Å². The predicted molar refractivity (Wildman–Crippen MR) is 93.8 cm³/mol. The fourth-order valence-electron chi connectivity index (χ4n) is 2.93. The first-order chi connectivity index (χ1) is 11.6. The first-order valence-corrected chi connectivity index (χ1v) is 8.79. The van der Waals surface area contributed by atoms with Gasteiger partial charge in [-0.15, -0.1) is 11.3 Å². The van der Waals surface area contributed by atoms with Gasteiger partial charge in [0.15, 0.2) is 0 Å². The third-order valence-electron chi connectivity index (χ3n) is 4.52. The Kier molecular flexibility index (Phi) is 4.97. The summed E-state index contributed by atoms with van der Waals surface area (Å²) < 4.78 is 5.31. The van der Waals surface area contributed by atoms with E-state index in [0.717, 1.165) is 11.1 Å². The van der Waals surface area contributed by atoms with Crippen LogP contribution < -0.4 is 11.1 Å². The van der Waals surface area contributed by atoms with Crippen molar-refractivity contribution in [3.63, 3.8) is 0 Å². The van der Waals surface area contributed by atoms with E-state index in [4.69, 9.17) is 10.5 Å². The number of hydrogen-bond donors (Lipinski definition) is 2. The van der Waals surface area contributed by atoms with Gasteiger partial charge in [-0.1, -0.05) is 30.3 Å². The Bertz CT molecular complexity index is 721. The van der Waals surface area contributed by atoms with Crippen molar-refractivity contribution in [1.82, 2.24) is 5.32 Å². The molecule has 6 heteroatoms. The zero-order chi connectivity index (χ0) is 17.0. The molecule has 3 rings (SSSR count). The lowest BCUT2D eigenvalue weighted by molar-refractivity contribution is -0.132. The Labute approximate surface area is 144 Å². The maximum absolute atomic E-state index is 12.6. The normalized spacial score (nSPS) is 16.5. The second-order valence-electron chi connectivity index (χ2n) is 5.97. The second kappa shape index (κ2) is 7.15. The lowest BCUT2D eigenvalue weighted by atomic mass is 9.79. The van der Waals surface area contributed by atoms with E-state index in [1.165, 1.54) is 11.3 Å². The molecule has 2 aromatic rings. The van der Waals surface area contributed by atoms with Gasteiger partial charge in [0.05, 0.1) is 10.3 Å². The molecule has 24 heavy (non-hydrogen) atoms. The minimum Gasteiger partial charge on any atom is -0.381 e. The predicted octanol–water partition coefficient (Wildman–Crippen LogP) is 2.43. The number of nitrogens with two attached hydrogens (primary N) is 1. The van der Waals surface area contributed by atoms with Crippen molar-refractivity contribution in [3.05, 3.63) is 46.7 Å². The monoisotopic (exact) mass is 344 g/mol. The second-order valence-corrected chi connectivity index (χ2v) is 6.89. The smallest absolute Gasteiger partial charge is 0.262 e. The molecule has 2 amide bonds. The molecule has 0 atom stereocenters. The fraction of sp³-hybridized carbons (Fsp3) is 0.333. The molecule has 3 N–H and O–H groups in total. The topological polar surface area (TPSA) is 81.4 Å². The average Bonchev–Trinajstić information content (AvgIpc) is 3.11. The Balaban J connectivity index is 1.74. The lowest BCUT2D eigenvalue weighted by Gasteiger charge is -2.34. The zero-order valence-electron chi connectivity index (χ0n) is 13.3. The van der Waals surface area contributed by atoms with Crippen LogP contribution in [0, 0.1) is 5.41 Å². The molecule has 0 saturated carbocycles. The molecule has 1 aromatic heterocycles. The lowest BCUT2D eigenvalue weighted by Crippen LogP contribution is -2.49. The van der Waals surface area contributed by atoms with Crippen molar-refractivity contribution in [2.24, 2.45) is 11.1 Å². The highest BCUT2D eigenvalue weighted by atomic mass is 32.1. The summed E-state index contributed by atoms with van der Waals surface area (Å²) in [5, 5.41) is 4.80. The molecule has 0 bridgehead atoms. The molecular weight excluding hydrogens is 324 g/mol. The van der Waals surface area contributed by atoms with Crippen LogP contribution in [0.3, 0.4) is 0 Å². The number of ether oxygens (including phenoxy) is 1. The molecule has 1 saturated heterocycles. The molecule has 0 aliphatic carbocycles. The number of thiophene rings is 1. The Morgan fingerprint density at radius 3 is 2.54 bits per heavy atom. The van der Waals surface area contributed by atoms with Gasteiger partial charge in [-0.25, -0.2) is 0 Å². The van der Waals surface area contributed by atoms with Crippen LogP contribution in [0.4, 0.5) is 0 Å². The molecule has 1 fully saturated rings. The van der Waals surface area contributed by atoms with E-state index < -0.39 is 5.41 Å². The molecule has 5 nitrogen and oxygen atoms in total. The highest BCUT2D eigenvalue weighted by Crippen LogP contribution is 2.31. The number of hydrogen-bond acceptors (Lipinski definition) is 4. The molecule has 1 aliphatic rings. The van der Waals surface area contributed by atoms with Gasteiger partial charge in [0.25, 0.3) is 5.91 Å². The van der Waals surface area contributed by atoms with Crippen LogP contribution in [0.15, 0.2) is 41.8 Å². The first kappa shape index (κ1) is 16.7. The van der Waals surface area contributed by atoms with Crippen LogP contribution in [-0.4, -0.2) is 31.6 Å². The van der Waals surface area contributed by atoms with Gasteiger partial charge < -0.3 is 15.8 Å². The quantitative estimate of drug-likeness (QED) is 0.874. The van der Waals surface area contributed by atoms with Crippen LogP contribution in [0.25, 0.3) is 11.1 Å². The van der Waals surface area contributed by atoms with Gasteiger partial charge in [-0.3, -0.25) is 9.59 Å². The Morgan fingerprint density at radius 2 is 1.88 bits per heavy atom. The van der Waals surface area contributed by atoms with Crippen molar-refractivity contribution in [2.75, 3.05) is 19.8 Å². The summed E-state index contributed by atoms with van der Waals surface area (Å²) in [7, 11) is 0. The number of amides is 2. The van der Waals surface area contributed by atoms with Gasteiger partial charge in [0.1, 0.15) is 0 Å². The summed E-state index contributed by atoms with van der Waals surface area (Å²) >= 11 is 1.39. The Morgan fingerprint density at radius 1 is 1.17 bits per heavy atom. The van der Waals surface area contributed by atoms with E-state index in [1.807, 2.05) is 41.8 Å². The number of carbonyl (C=O) groups is 2. The SMILES string of the molecule is NC(=O)C1(CNC(=O)c2sccc2-c2ccccc2)CCOCC1. The van der Waals surface area contributed by atoms with Gasteiger partial charge in [0, 0.05) is 25.3 Å². The van der Waals surface area contributed by atoms with E-state index in [9.17, 15) is 9.59 Å². The number of primary amides is 1. The van der Waals surface area contributed by atoms with Gasteiger partial charge in [0.2, 0.25) is 5.91 Å². The van der Waals surface area contributed by atoms with Crippen molar-refractivity contribution >= 4 is 23.2 Å². The maximum atomic E-state index is 12.6. The highest BCUT2D eigenvalue weighted by Gasteiger charge is 2.38. The summed E-state index contributed by atoms with van der Waals surface area (Å²) in [5.74, 6) is -0.545. The highest BCUT2D eigenvalue weighted by molar-refractivity contribution is 7.12. The average molecular weight is 344 g/mol. The number of rotatable bonds is 5. The zero-order valence-corrected chi connectivity index (χ0v) is 14.1. The summed E-state index contributed by atoms with van der Waals surface area (Å²) in [6.45, 7) is 1.23. The fourth-order valence-corrected chi connectivity index (χ4v) is 3.76. The molecule has 0 unspecified atom stereocenters. The Hall–Kier alpha value is -2.18. The van der Waals surface area contributed by atoms with E-state index >= 15 is 0 Å². The van der Waals surface area contributed by atoms with Crippen LogP contribution in [0.5, 0.6) is 0 Å². The number of nitrogens with one attached hydrogen (secondary N) is 1. The largest absolute Gasteiger partial charge is 0.381 e. The summed E-state index contributed by atoms with van der Waals surface area (Å²) in [6, 6.07) is 11.7. The van der Waals surface area contributed by atoms with E-state index in [1.54, 1.807) is 0 Å². The standard InChI is InChI=1S/C18H20N2O3S/c19-17(22)18(7-9-23-10-8-18)12-20-16(21)15-14(6-11-24-15)13-4-2-1-3-5-13/h1-6,11H,7-10,12H2,(H2,19,22)(H,20,21). The van der Waals surface area contributed by atoms with Crippen LogP contribution >= 0.6 is 11.3 Å². The molecule has 0 spiro atoms. The summed E-state index contributed by atoms with van der Waals surface area (Å²) in [4.78, 5) is 25.2. The molecule has 0 radical (unpaired) electrons. The van der Waals surface area contributed by atoms with Gasteiger partial charge in [-0.2, -0.15) is 0 Å². The summed E-state index contributed by atoms with van der Waals surface area (Å²) in [6.07, 6.45) is 1.08. The third kappa shape index (κ3) is 3.34. The van der Waals surface area contributed by atoms with Crippen LogP contribution in [0.1, 0.15) is 22.5 Å². The van der Waals surface area contributed by atoms with Crippen molar-refractivity contribution < 1.29 is 14.3 Å². The molecule has 126 valence electrons. The van der Waals surface area contributed by atoms with Crippen molar-refractivity contribution in [3.8, 4) is 11.1 Å². The number of carbonyl (C=O) groups excluding carboxylic acids is 2. The first-order valence-electron chi connectivity index (χ1n) is 7.91. The molecule has 1 aromatic carbocycles. The minimum absolute atomic E-state index is 0.170. The molecule has 2 heterocycles. The molecular formula is C18H20N2O3S. The van der Waals surface area contributed by atoms with Crippen molar-refractivity contribution in [1.29, 1.82) is 0 Å². The summed E-state index contributed by atoms with van der Waals surface area (Å²) in [5.41, 5.74) is 6.78. The van der Waals surface area contributed by atoms with Gasteiger partial charge >= 0.3 is 0 Å². The third-order valence-corrected chi connectivity index (χ3v) is 5.43. The van der Waals surface area contributed by atoms with E-state index in [-0.39, 0.29) is 18.4 Å². The van der Waals surface area contributed by atoms with E-state index in [0.29, 0.717) is 30.9 Å². The van der Waals surface area contributed by atoms with Crippen molar-refractivity contribution in [2.45, 2.75) is 12.8 Å². The minimum atomic E-state index is -0.710. The number of benzene rings is 1. The van der Waals surface area contributed by atoms with Crippen LogP contribution in [-0.2, 0) is 9.53 Å². The maximum Gasteiger partial charge on any atom is 0.262 e. The van der Waals surface area contributed by atoms with Crippen LogP contribution in [0.2, 0.25) is 0 Å².